The highest BCUT2D eigenvalue weighted by atomic mass is 15.3. The average molecular weight is 326 g/mol. The van der Waals surface area contributed by atoms with Gasteiger partial charge in [0, 0.05) is 25.8 Å². The maximum Gasteiger partial charge on any atom is 0.224 e. The van der Waals surface area contributed by atoms with Gasteiger partial charge in [-0.1, -0.05) is 0 Å². The molecular weight excluding hydrogens is 304 g/mol. The largest absolute Gasteiger partial charge is 0.357 e. The Bertz CT molecular complexity index is 814. The van der Waals surface area contributed by atoms with Gasteiger partial charge in [-0.3, -0.25) is 0 Å². The Morgan fingerprint density at radius 2 is 2.12 bits per heavy atom. The highest BCUT2D eigenvalue weighted by Gasteiger charge is 2.22. The summed E-state index contributed by atoms with van der Waals surface area (Å²) in [6.07, 6.45) is 9.73. The van der Waals surface area contributed by atoms with Gasteiger partial charge in [0.2, 0.25) is 5.95 Å². The Morgan fingerprint density at radius 1 is 1.29 bits per heavy atom. The molecule has 1 aliphatic carbocycles. The summed E-state index contributed by atoms with van der Waals surface area (Å²) < 4.78 is 2.01. The third kappa shape index (κ3) is 2.73. The van der Waals surface area contributed by atoms with Crippen molar-refractivity contribution in [2.75, 3.05) is 12.4 Å². The quantitative estimate of drug-likeness (QED) is 0.674. The van der Waals surface area contributed by atoms with Gasteiger partial charge in [0.25, 0.3) is 0 Å². The minimum Gasteiger partial charge on any atom is -0.357 e. The molecular formula is C16H22N8. The zero-order valence-corrected chi connectivity index (χ0v) is 13.7. The molecule has 3 aromatic rings. The van der Waals surface area contributed by atoms with E-state index in [9.17, 15) is 0 Å². The van der Waals surface area contributed by atoms with Crippen molar-refractivity contribution in [3.05, 3.63) is 18.7 Å². The molecule has 8 heteroatoms. The lowest BCUT2D eigenvalue weighted by Gasteiger charge is -2.25. The number of aromatic nitrogens is 6. The number of nitrogens with zero attached hydrogens (tertiary/aromatic N) is 5. The van der Waals surface area contributed by atoms with E-state index in [-0.39, 0.29) is 0 Å². The fourth-order valence-electron chi connectivity index (χ4n) is 3.41. The number of H-pyrrole nitrogens is 1. The van der Waals surface area contributed by atoms with Crippen LogP contribution < -0.4 is 11.1 Å². The smallest absolute Gasteiger partial charge is 0.224 e. The van der Waals surface area contributed by atoms with Gasteiger partial charge in [0.15, 0.2) is 5.65 Å². The maximum absolute atomic E-state index is 6.02. The fourth-order valence-corrected chi connectivity index (χ4v) is 3.41. The van der Waals surface area contributed by atoms with Crippen LogP contribution in [0.4, 0.5) is 5.95 Å². The molecule has 1 fully saturated rings. The molecule has 1 saturated carbocycles. The molecule has 4 rings (SSSR count). The number of imidazole rings is 1. The van der Waals surface area contributed by atoms with E-state index in [0.29, 0.717) is 17.9 Å². The van der Waals surface area contributed by atoms with E-state index >= 15 is 0 Å². The normalized spacial score (nSPS) is 21.2. The summed E-state index contributed by atoms with van der Waals surface area (Å²) in [7, 11) is 1.82. The summed E-state index contributed by atoms with van der Waals surface area (Å²) in [6, 6.07) is 0.356. The van der Waals surface area contributed by atoms with Gasteiger partial charge in [-0.05, 0) is 31.6 Å². The number of hydrogen-bond acceptors (Lipinski definition) is 6. The molecule has 0 aliphatic heterocycles. The second-order valence-electron chi connectivity index (χ2n) is 6.46. The first-order valence-corrected chi connectivity index (χ1v) is 8.40. The van der Waals surface area contributed by atoms with Crippen molar-refractivity contribution in [3.63, 3.8) is 0 Å². The molecule has 8 nitrogen and oxygen atoms in total. The van der Waals surface area contributed by atoms with Gasteiger partial charge >= 0.3 is 0 Å². The monoisotopic (exact) mass is 326 g/mol. The Morgan fingerprint density at radius 3 is 2.83 bits per heavy atom. The van der Waals surface area contributed by atoms with E-state index in [1.165, 1.54) is 0 Å². The van der Waals surface area contributed by atoms with Crippen molar-refractivity contribution in [2.45, 2.75) is 38.3 Å². The number of rotatable bonds is 4. The number of hydrogen-bond donors (Lipinski definition) is 3. The Kier molecular flexibility index (Phi) is 3.89. The molecule has 3 heterocycles. The third-order valence-electron chi connectivity index (χ3n) is 4.79. The van der Waals surface area contributed by atoms with Crippen LogP contribution in [0.1, 0.15) is 25.7 Å². The van der Waals surface area contributed by atoms with Crippen LogP contribution >= 0.6 is 0 Å². The topological polar surface area (TPSA) is 110 Å². The van der Waals surface area contributed by atoms with Gasteiger partial charge in [0.05, 0.1) is 23.6 Å². The number of fused-ring (bicyclic) bond motifs is 1. The Hall–Kier alpha value is -2.48. The molecule has 0 amide bonds. The van der Waals surface area contributed by atoms with E-state index in [1.54, 1.807) is 12.5 Å². The second kappa shape index (κ2) is 6.20. The van der Waals surface area contributed by atoms with Crippen molar-refractivity contribution < 1.29 is 0 Å². The minimum atomic E-state index is 0.356. The maximum atomic E-state index is 6.02. The molecule has 126 valence electrons. The van der Waals surface area contributed by atoms with Crippen LogP contribution in [-0.4, -0.2) is 42.8 Å². The van der Waals surface area contributed by atoms with Crippen molar-refractivity contribution in [3.8, 4) is 11.4 Å². The highest BCUT2D eigenvalue weighted by Crippen LogP contribution is 2.29. The molecule has 0 bridgehead atoms. The molecule has 1 aliphatic rings. The molecule has 0 saturated heterocycles. The molecule has 24 heavy (non-hydrogen) atoms. The first-order valence-electron chi connectivity index (χ1n) is 8.40. The van der Waals surface area contributed by atoms with Crippen LogP contribution in [0.5, 0.6) is 0 Å². The number of nitrogens with two attached hydrogens (primary N) is 1. The van der Waals surface area contributed by atoms with Crippen LogP contribution in [-0.2, 0) is 6.54 Å². The summed E-state index contributed by atoms with van der Waals surface area (Å²) >= 11 is 0. The van der Waals surface area contributed by atoms with Gasteiger partial charge in [-0.2, -0.15) is 10.1 Å². The summed E-state index contributed by atoms with van der Waals surface area (Å²) in [5, 5.41) is 8.74. The van der Waals surface area contributed by atoms with Gasteiger partial charge < -0.3 is 16.0 Å². The number of anilines is 1. The summed E-state index contributed by atoms with van der Waals surface area (Å²) in [5.41, 5.74) is 8.60. The average Bonchev–Trinajstić information content (AvgIpc) is 3.25. The second-order valence-corrected chi connectivity index (χ2v) is 6.46. The number of nitrogens with one attached hydrogen (secondary N) is 2. The number of aromatic amines is 1. The third-order valence-corrected chi connectivity index (χ3v) is 4.79. The van der Waals surface area contributed by atoms with E-state index in [2.05, 4.69) is 25.3 Å². The van der Waals surface area contributed by atoms with Crippen molar-refractivity contribution in [1.29, 1.82) is 0 Å². The summed E-state index contributed by atoms with van der Waals surface area (Å²) in [6.45, 7) is 0.859. The molecule has 4 N–H and O–H groups in total. The zero-order valence-electron chi connectivity index (χ0n) is 13.7. The minimum absolute atomic E-state index is 0.356. The van der Waals surface area contributed by atoms with Crippen LogP contribution in [0.15, 0.2) is 18.7 Å². The first kappa shape index (κ1) is 15.1. The molecule has 0 spiro atoms. The van der Waals surface area contributed by atoms with Gasteiger partial charge in [-0.25, -0.2) is 14.6 Å². The van der Waals surface area contributed by atoms with E-state index in [1.807, 2.05) is 17.9 Å². The predicted octanol–water partition coefficient (Wildman–Crippen LogP) is 1.78. The van der Waals surface area contributed by atoms with Gasteiger partial charge in [0.1, 0.15) is 5.69 Å². The zero-order chi connectivity index (χ0) is 16.5. The lowest BCUT2D eigenvalue weighted by molar-refractivity contribution is 0.288. The van der Waals surface area contributed by atoms with Crippen LogP contribution in [0, 0.1) is 5.92 Å². The first-order chi connectivity index (χ1) is 11.7. The SMILES string of the molecule is CNc1ncc2c(-c3cnc[nH]3)nn(CC3CCC(N)CC3)c2n1. The van der Waals surface area contributed by atoms with E-state index in [4.69, 9.17) is 10.8 Å². The molecule has 3 aromatic heterocycles. The lowest BCUT2D eigenvalue weighted by atomic mass is 9.86. The van der Waals surface area contributed by atoms with E-state index in [0.717, 1.165) is 54.6 Å². The molecule has 0 radical (unpaired) electrons. The molecule has 0 unspecified atom stereocenters. The van der Waals surface area contributed by atoms with Gasteiger partial charge in [-0.15, -0.1) is 0 Å². The van der Waals surface area contributed by atoms with Crippen LogP contribution in [0.25, 0.3) is 22.4 Å². The molecule has 0 aromatic carbocycles. The summed E-state index contributed by atoms with van der Waals surface area (Å²) in [5.74, 6) is 1.20. The predicted molar refractivity (Wildman–Crippen MR) is 92.4 cm³/mol. The fraction of sp³-hybridized carbons (Fsp3) is 0.500. The highest BCUT2D eigenvalue weighted by molar-refractivity contribution is 5.89. The van der Waals surface area contributed by atoms with Crippen LogP contribution in [0.2, 0.25) is 0 Å². The lowest BCUT2D eigenvalue weighted by Crippen LogP contribution is -2.28. The van der Waals surface area contributed by atoms with Crippen molar-refractivity contribution in [1.82, 2.24) is 29.7 Å². The summed E-state index contributed by atoms with van der Waals surface area (Å²) in [4.78, 5) is 16.2. The standard InChI is InChI=1S/C16H22N8/c1-18-16-20-6-12-14(13-7-19-9-21-13)23-24(15(12)22-16)8-10-2-4-11(17)5-3-10/h6-7,9-11H,2-5,8,17H2,1H3,(H,19,21)(H,18,20,22). The Labute approximate surface area is 139 Å². The van der Waals surface area contributed by atoms with E-state index < -0.39 is 0 Å². The van der Waals surface area contributed by atoms with Crippen molar-refractivity contribution in [2.24, 2.45) is 11.7 Å². The molecule has 0 atom stereocenters. The van der Waals surface area contributed by atoms with Crippen molar-refractivity contribution >= 4 is 17.0 Å². The van der Waals surface area contributed by atoms with Crippen LogP contribution in [0.3, 0.4) is 0 Å². The Balaban J connectivity index is 1.73.